The van der Waals surface area contributed by atoms with Gasteiger partial charge >= 0.3 is 0 Å². The topological polar surface area (TPSA) is 59.2 Å². The molecule has 5 nitrogen and oxygen atoms in total. The van der Waals surface area contributed by atoms with Gasteiger partial charge in [-0.25, -0.2) is 0 Å². The maximum atomic E-state index is 12.4. The van der Waals surface area contributed by atoms with Crippen LogP contribution in [0, 0.1) is 6.92 Å². The molecule has 1 fully saturated rings. The number of carbonyl (C=O) groups is 1. The molecule has 1 saturated heterocycles. The summed E-state index contributed by atoms with van der Waals surface area (Å²) in [5.74, 6) is 1.13. The number of aromatic nitrogens is 2. The molecule has 1 atom stereocenters. The second-order valence-electron chi connectivity index (χ2n) is 6.58. The molecule has 6 heteroatoms. The highest BCUT2D eigenvalue weighted by Gasteiger charge is 2.33. The minimum Gasteiger partial charge on any atom is -0.338 e. The molecular formula is C20H18ClN3O2. The van der Waals surface area contributed by atoms with Gasteiger partial charge in [-0.05, 0) is 36.2 Å². The number of benzene rings is 2. The smallest absolute Gasteiger partial charge is 0.258 e. The Bertz CT molecular complexity index is 953. The van der Waals surface area contributed by atoms with Crippen LogP contribution in [0.1, 0.15) is 29.3 Å². The molecule has 0 aliphatic carbocycles. The Morgan fingerprint density at radius 3 is 2.88 bits per heavy atom. The zero-order valence-corrected chi connectivity index (χ0v) is 15.1. The molecule has 132 valence electrons. The number of likely N-dealkylation sites (tertiary alicyclic amines) is 1. The lowest BCUT2D eigenvalue weighted by atomic mass is 10.1. The molecular weight excluding hydrogens is 350 g/mol. The molecule has 0 radical (unpaired) electrons. The van der Waals surface area contributed by atoms with Gasteiger partial charge in [-0.2, -0.15) is 4.98 Å². The summed E-state index contributed by atoms with van der Waals surface area (Å²) in [5.41, 5.74) is 3.01. The summed E-state index contributed by atoms with van der Waals surface area (Å²) in [5, 5.41) is 4.79. The molecule has 1 unspecified atom stereocenters. The fourth-order valence-electron chi connectivity index (χ4n) is 3.28. The second kappa shape index (κ2) is 6.92. The number of hydrogen-bond donors (Lipinski definition) is 0. The van der Waals surface area contributed by atoms with Crippen LogP contribution in [0.15, 0.2) is 53.1 Å². The third-order valence-electron chi connectivity index (χ3n) is 4.66. The fourth-order valence-corrected chi connectivity index (χ4v) is 3.49. The Hall–Kier alpha value is -2.66. The molecule has 2 heterocycles. The van der Waals surface area contributed by atoms with E-state index < -0.39 is 0 Å². The number of carbonyl (C=O) groups excluding carboxylic acids is 1. The molecule has 1 aliphatic heterocycles. The zero-order valence-electron chi connectivity index (χ0n) is 14.4. The molecule has 4 rings (SSSR count). The van der Waals surface area contributed by atoms with Gasteiger partial charge in [0.1, 0.15) is 0 Å². The maximum absolute atomic E-state index is 12.4. The monoisotopic (exact) mass is 367 g/mol. The second-order valence-corrected chi connectivity index (χ2v) is 7.01. The van der Waals surface area contributed by atoms with E-state index in [1.807, 2.05) is 60.4 Å². The number of amides is 1. The minimum absolute atomic E-state index is 0.0526. The van der Waals surface area contributed by atoms with E-state index in [2.05, 4.69) is 10.1 Å². The van der Waals surface area contributed by atoms with Crippen molar-refractivity contribution in [3.05, 3.63) is 70.5 Å². The van der Waals surface area contributed by atoms with E-state index in [-0.39, 0.29) is 11.8 Å². The van der Waals surface area contributed by atoms with Gasteiger partial charge in [0.15, 0.2) is 5.82 Å². The predicted molar refractivity (Wildman–Crippen MR) is 98.7 cm³/mol. The van der Waals surface area contributed by atoms with Gasteiger partial charge in [-0.3, -0.25) is 4.79 Å². The van der Waals surface area contributed by atoms with Gasteiger partial charge in [0.25, 0.3) is 5.89 Å². The van der Waals surface area contributed by atoms with E-state index in [0.717, 1.165) is 16.7 Å². The summed E-state index contributed by atoms with van der Waals surface area (Å²) in [4.78, 5) is 18.7. The fraction of sp³-hybridized carbons (Fsp3) is 0.250. The lowest BCUT2D eigenvalue weighted by Crippen LogP contribution is -2.24. The Kier molecular flexibility index (Phi) is 4.47. The Morgan fingerprint density at radius 2 is 2.08 bits per heavy atom. The quantitative estimate of drug-likeness (QED) is 0.693. The summed E-state index contributed by atoms with van der Waals surface area (Å²) in [7, 11) is 0. The van der Waals surface area contributed by atoms with Crippen LogP contribution < -0.4 is 0 Å². The molecule has 0 bridgehead atoms. The molecule has 1 aliphatic rings. The number of nitrogens with zero attached hydrogens (tertiary/aromatic N) is 3. The molecule has 3 aromatic rings. The largest absolute Gasteiger partial charge is 0.338 e. The predicted octanol–water partition coefficient (Wildman–Crippen LogP) is 4.21. The summed E-state index contributed by atoms with van der Waals surface area (Å²) in [6.07, 6.45) is 0.396. The van der Waals surface area contributed by atoms with Crippen LogP contribution in [-0.2, 0) is 11.3 Å². The molecule has 2 aromatic carbocycles. The lowest BCUT2D eigenvalue weighted by molar-refractivity contribution is -0.128. The van der Waals surface area contributed by atoms with E-state index in [1.165, 1.54) is 0 Å². The van der Waals surface area contributed by atoms with Crippen LogP contribution >= 0.6 is 11.6 Å². The van der Waals surface area contributed by atoms with Crippen molar-refractivity contribution in [1.29, 1.82) is 0 Å². The first-order valence-corrected chi connectivity index (χ1v) is 8.90. The highest BCUT2D eigenvalue weighted by Crippen LogP contribution is 2.30. The van der Waals surface area contributed by atoms with Gasteiger partial charge in [0, 0.05) is 36.0 Å². The third kappa shape index (κ3) is 3.35. The van der Waals surface area contributed by atoms with Crippen molar-refractivity contribution in [2.45, 2.75) is 25.8 Å². The van der Waals surface area contributed by atoms with Gasteiger partial charge in [-0.1, -0.05) is 47.1 Å². The van der Waals surface area contributed by atoms with Crippen LogP contribution in [0.2, 0.25) is 5.02 Å². The van der Waals surface area contributed by atoms with E-state index in [0.29, 0.717) is 36.2 Å². The molecule has 0 spiro atoms. The van der Waals surface area contributed by atoms with Crippen molar-refractivity contribution in [3.63, 3.8) is 0 Å². The Morgan fingerprint density at radius 1 is 1.23 bits per heavy atom. The highest BCUT2D eigenvalue weighted by atomic mass is 35.5. The molecule has 1 amide bonds. The highest BCUT2D eigenvalue weighted by molar-refractivity contribution is 6.30. The first-order valence-electron chi connectivity index (χ1n) is 8.52. The number of hydrogen-bond acceptors (Lipinski definition) is 4. The van der Waals surface area contributed by atoms with Crippen molar-refractivity contribution in [1.82, 2.24) is 15.0 Å². The van der Waals surface area contributed by atoms with Crippen molar-refractivity contribution >= 4 is 17.5 Å². The normalized spacial score (nSPS) is 17.1. The number of rotatable bonds is 4. The molecule has 26 heavy (non-hydrogen) atoms. The van der Waals surface area contributed by atoms with E-state index in [9.17, 15) is 4.79 Å². The lowest BCUT2D eigenvalue weighted by Gasteiger charge is -2.16. The average molecular weight is 368 g/mol. The van der Waals surface area contributed by atoms with Crippen LogP contribution in [0.25, 0.3) is 11.5 Å². The van der Waals surface area contributed by atoms with Gasteiger partial charge in [0.2, 0.25) is 5.91 Å². The van der Waals surface area contributed by atoms with Crippen LogP contribution in [0.5, 0.6) is 0 Å². The number of halogens is 1. The van der Waals surface area contributed by atoms with Crippen LogP contribution in [0.3, 0.4) is 0 Å². The van der Waals surface area contributed by atoms with Crippen molar-refractivity contribution in [2.75, 3.05) is 6.54 Å². The SMILES string of the molecule is Cc1ccccc1-c1nc(C2CC(=O)N(Cc3cccc(Cl)c3)C2)no1. The summed E-state index contributed by atoms with van der Waals surface area (Å²) in [6, 6.07) is 15.4. The maximum Gasteiger partial charge on any atom is 0.258 e. The Balaban J connectivity index is 1.50. The molecule has 1 aromatic heterocycles. The summed E-state index contributed by atoms with van der Waals surface area (Å²) >= 11 is 6.03. The Labute approximate surface area is 156 Å². The van der Waals surface area contributed by atoms with Gasteiger partial charge in [-0.15, -0.1) is 0 Å². The zero-order chi connectivity index (χ0) is 18.1. The molecule has 0 saturated carbocycles. The minimum atomic E-state index is -0.0526. The van der Waals surface area contributed by atoms with Gasteiger partial charge in [0.05, 0.1) is 0 Å². The number of aryl methyl sites for hydroxylation is 1. The molecule has 0 N–H and O–H groups in total. The van der Waals surface area contributed by atoms with E-state index in [1.54, 1.807) is 0 Å². The summed E-state index contributed by atoms with van der Waals surface area (Å²) < 4.78 is 5.44. The first kappa shape index (κ1) is 16.8. The van der Waals surface area contributed by atoms with E-state index in [4.69, 9.17) is 16.1 Å². The van der Waals surface area contributed by atoms with Crippen LogP contribution in [-0.4, -0.2) is 27.5 Å². The van der Waals surface area contributed by atoms with Crippen molar-refractivity contribution in [2.24, 2.45) is 0 Å². The first-order chi connectivity index (χ1) is 12.6. The van der Waals surface area contributed by atoms with Gasteiger partial charge < -0.3 is 9.42 Å². The summed E-state index contributed by atoms with van der Waals surface area (Å²) in [6.45, 7) is 3.13. The van der Waals surface area contributed by atoms with Crippen molar-refractivity contribution in [3.8, 4) is 11.5 Å². The van der Waals surface area contributed by atoms with Crippen LogP contribution in [0.4, 0.5) is 0 Å². The van der Waals surface area contributed by atoms with Crippen molar-refractivity contribution < 1.29 is 9.32 Å². The average Bonchev–Trinajstić information content (AvgIpc) is 3.23. The standard InChI is InChI=1S/C20H18ClN3O2/c1-13-5-2-3-8-17(13)20-22-19(23-26-20)15-10-18(25)24(12-15)11-14-6-4-7-16(21)9-14/h2-9,15H,10-12H2,1H3. The van der Waals surface area contributed by atoms with E-state index >= 15 is 0 Å². The third-order valence-corrected chi connectivity index (χ3v) is 4.89.